The zero-order chi connectivity index (χ0) is 16.0. The molecule has 114 valence electrons. The molecule has 1 N–H and O–H groups in total. The number of benzene rings is 1. The molecule has 0 aliphatic carbocycles. The van der Waals surface area contributed by atoms with Gasteiger partial charge in [0.25, 0.3) is 0 Å². The highest BCUT2D eigenvalue weighted by Crippen LogP contribution is 2.28. The van der Waals surface area contributed by atoms with Crippen LogP contribution in [0.5, 0.6) is 0 Å². The summed E-state index contributed by atoms with van der Waals surface area (Å²) in [6.07, 6.45) is 3.67. The fraction of sp³-hybridized carbons (Fsp3) is 0.200. The van der Waals surface area contributed by atoms with E-state index in [1.807, 2.05) is 48.7 Å². The van der Waals surface area contributed by atoms with Gasteiger partial charge in [-0.05, 0) is 12.1 Å². The van der Waals surface area contributed by atoms with Crippen LogP contribution in [0.4, 0.5) is 0 Å². The highest BCUT2D eigenvalue weighted by atomic mass is 15.9. The van der Waals surface area contributed by atoms with E-state index in [1.54, 1.807) is 17.3 Å². The van der Waals surface area contributed by atoms with Crippen molar-refractivity contribution in [1.82, 2.24) is 20.6 Å². The zero-order valence-corrected chi connectivity index (χ0v) is 12.7. The molecule has 0 radical (unpaired) electrons. The Kier molecular flexibility index (Phi) is 2.89. The van der Waals surface area contributed by atoms with Gasteiger partial charge in [-0.2, -0.15) is 10.4 Å². The summed E-state index contributed by atoms with van der Waals surface area (Å²) in [6.45, 7) is 0. The van der Waals surface area contributed by atoms with Gasteiger partial charge in [0.05, 0.1) is 17.8 Å². The lowest BCUT2D eigenvalue weighted by Crippen LogP contribution is -2.57. The normalized spacial score (nSPS) is 21.5. The Morgan fingerprint density at radius 3 is 2.96 bits per heavy atom. The van der Waals surface area contributed by atoms with Crippen LogP contribution in [0, 0.1) is 11.3 Å². The Balaban J connectivity index is 1.77. The van der Waals surface area contributed by atoms with Crippen LogP contribution in [0.1, 0.15) is 11.1 Å². The van der Waals surface area contributed by atoms with Gasteiger partial charge < -0.3 is 0 Å². The van der Waals surface area contributed by atoms with Gasteiger partial charge in [0, 0.05) is 25.9 Å². The Morgan fingerprint density at radius 2 is 2.17 bits per heavy atom. The van der Waals surface area contributed by atoms with Crippen molar-refractivity contribution in [2.24, 2.45) is 15.1 Å². The van der Waals surface area contributed by atoms with E-state index in [4.69, 9.17) is 5.26 Å². The number of aliphatic imine (C=N–C) groups is 2. The highest BCUT2D eigenvalue weighted by molar-refractivity contribution is 6.18. The van der Waals surface area contributed by atoms with Gasteiger partial charge in [-0.25, -0.2) is 25.5 Å². The summed E-state index contributed by atoms with van der Waals surface area (Å²) in [5, 5.41) is 19.0. The number of nitrogens with one attached hydrogen (secondary N) is 1. The molecule has 8 nitrogen and oxygen atoms in total. The van der Waals surface area contributed by atoms with Crippen LogP contribution < -0.4 is 5.43 Å². The average molecular weight is 306 g/mol. The van der Waals surface area contributed by atoms with Gasteiger partial charge in [0.15, 0.2) is 17.8 Å². The molecule has 1 unspecified atom stereocenters. The lowest BCUT2D eigenvalue weighted by atomic mass is 10.1. The lowest BCUT2D eigenvalue weighted by Gasteiger charge is -2.39. The molecule has 0 spiro atoms. The first-order chi connectivity index (χ1) is 11.2. The molecule has 0 amide bonds. The number of hydrazone groups is 1. The van der Waals surface area contributed by atoms with E-state index in [9.17, 15) is 0 Å². The quantitative estimate of drug-likeness (QED) is 0.859. The first-order valence-corrected chi connectivity index (χ1v) is 7.14. The molecule has 0 saturated heterocycles. The van der Waals surface area contributed by atoms with E-state index in [2.05, 4.69) is 26.6 Å². The number of nitriles is 1. The Labute approximate surface area is 133 Å². The average Bonchev–Trinajstić information content (AvgIpc) is 3.17. The second-order valence-corrected chi connectivity index (χ2v) is 5.22. The SMILES string of the molecule is CNN1C=C2N=C(c3cccc(C#N)c3)N=C2N2C1C=NN2C. The van der Waals surface area contributed by atoms with Crippen LogP contribution in [0.3, 0.4) is 0 Å². The van der Waals surface area contributed by atoms with E-state index in [0.717, 1.165) is 17.1 Å². The molecule has 4 rings (SSSR count). The Morgan fingerprint density at radius 1 is 1.30 bits per heavy atom. The van der Waals surface area contributed by atoms with Crippen molar-refractivity contribution in [3.8, 4) is 6.07 Å². The lowest BCUT2D eigenvalue weighted by molar-refractivity contribution is 0.0164. The van der Waals surface area contributed by atoms with Gasteiger partial charge in [0.1, 0.15) is 5.70 Å². The Bertz CT molecular complexity index is 828. The standard InChI is InChI=1S/C15H14N8/c1-17-22-9-12-15(23-13(22)8-18-21(23)2)20-14(19-12)11-5-3-4-10(6-11)7-16/h3-6,8-9,13,17H,1-2H3. The van der Waals surface area contributed by atoms with Crippen LogP contribution in [-0.4, -0.2) is 53.3 Å². The summed E-state index contributed by atoms with van der Waals surface area (Å²) in [4.78, 5) is 9.26. The summed E-state index contributed by atoms with van der Waals surface area (Å²) >= 11 is 0. The third-order valence-electron chi connectivity index (χ3n) is 3.87. The zero-order valence-electron chi connectivity index (χ0n) is 12.7. The molecule has 0 fully saturated rings. The van der Waals surface area contributed by atoms with Crippen molar-refractivity contribution in [2.45, 2.75) is 6.17 Å². The van der Waals surface area contributed by atoms with Crippen molar-refractivity contribution >= 4 is 17.9 Å². The molecule has 0 aromatic heterocycles. The molecule has 0 saturated carbocycles. The van der Waals surface area contributed by atoms with Gasteiger partial charge in [-0.15, -0.1) is 0 Å². The molecular weight excluding hydrogens is 292 g/mol. The molecule has 3 aliphatic rings. The van der Waals surface area contributed by atoms with Gasteiger partial charge in [0.2, 0.25) is 0 Å². The van der Waals surface area contributed by atoms with E-state index >= 15 is 0 Å². The highest BCUT2D eigenvalue weighted by Gasteiger charge is 2.40. The van der Waals surface area contributed by atoms with Crippen molar-refractivity contribution < 1.29 is 0 Å². The summed E-state index contributed by atoms with van der Waals surface area (Å²) in [5.41, 5.74) is 5.28. The first kappa shape index (κ1) is 13.5. The molecular formula is C15H14N8. The van der Waals surface area contributed by atoms with Crippen molar-refractivity contribution in [1.29, 1.82) is 5.26 Å². The van der Waals surface area contributed by atoms with Crippen LogP contribution in [0.25, 0.3) is 0 Å². The maximum atomic E-state index is 9.05. The van der Waals surface area contributed by atoms with Gasteiger partial charge in [-0.1, -0.05) is 12.1 Å². The van der Waals surface area contributed by atoms with Crippen molar-refractivity contribution in [2.75, 3.05) is 14.1 Å². The summed E-state index contributed by atoms with van der Waals surface area (Å²) in [7, 11) is 3.71. The smallest absolute Gasteiger partial charge is 0.181 e. The predicted molar refractivity (Wildman–Crippen MR) is 86.0 cm³/mol. The summed E-state index contributed by atoms with van der Waals surface area (Å²) < 4.78 is 0. The third-order valence-corrected chi connectivity index (χ3v) is 3.87. The number of fused-ring (bicyclic) bond motifs is 3. The van der Waals surface area contributed by atoms with Crippen molar-refractivity contribution in [3.63, 3.8) is 0 Å². The minimum absolute atomic E-state index is 0.0764. The summed E-state index contributed by atoms with van der Waals surface area (Å²) in [6, 6.07) is 9.43. The molecule has 23 heavy (non-hydrogen) atoms. The molecule has 0 bridgehead atoms. The number of amidine groups is 2. The summed E-state index contributed by atoms with van der Waals surface area (Å²) in [5.74, 6) is 1.35. The number of hydrogen-bond acceptors (Lipinski definition) is 8. The topological polar surface area (TPSA) is 82.6 Å². The van der Waals surface area contributed by atoms with Crippen molar-refractivity contribution in [3.05, 3.63) is 47.3 Å². The largest absolute Gasteiger partial charge is 0.284 e. The molecule has 3 aliphatic heterocycles. The second-order valence-electron chi connectivity index (χ2n) is 5.22. The number of nitrogens with zero attached hydrogens (tertiary/aromatic N) is 7. The van der Waals surface area contributed by atoms with E-state index < -0.39 is 0 Å². The maximum absolute atomic E-state index is 9.05. The predicted octanol–water partition coefficient (Wildman–Crippen LogP) is 0.483. The van der Waals surface area contributed by atoms with Crippen LogP contribution >= 0.6 is 0 Å². The number of hydrogen-bond donors (Lipinski definition) is 1. The maximum Gasteiger partial charge on any atom is 0.181 e. The number of rotatable bonds is 2. The van der Waals surface area contributed by atoms with Gasteiger partial charge >= 0.3 is 0 Å². The fourth-order valence-corrected chi connectivity index (χ4v) is 2.76. The minimum atomic E-state index is -0.0764. The molecule has 8 heteroatoms. The fourth-order valence-electron chi connectivity index (χ4n) is 2.76. The van der Waals surface area contributed by atoms with Crippen LogP contribution in [-0.2, 0) is 0 Å². The molecule has 1 aromatic carbocycles. The van der Waals surface area contributed by atoms with Crippen LogP contribution in [0.15, 0.2) is 51.2 Å². The van der Waals surface area contributed by atoms with Crippen LogP contribution in [0.2, 0.25) is 0 Å². The number of hydrazine groups is 2. The van der Waals surface area contributed by atoms with Gasteiger partial charge in [-0.3, -0.25) is 5.01 Å². The second kappa shape index (κ2) is 4.93. The molecule has 3 heterocycles. The monoisotopic (exact) mass is 306 g/mol. The Hall–Kier alpha value is -3.18. The minimum Gasteiger partial charge on any atom is -0.284 e. The van der Waals surface area contributed by atoms with E-state index in [-0.39, 0.29) is 6.17 Å². The third kappa shape index (κ3) is 1.98. The van der Waals surface area contributed by atoms with E-state index in [1.165, 1.54) is 0 Å². The molecule has 1 aromatic rings. The van der Waals surface area contributed by atoms with E-state index in [0.29, 0.717) is 11.4 Å². The first-order valence-electron chi connectivity index (χ1n) is 7.14. The molecule has 1 atom stereocenters.